The highest BCUT2D eigenvalue weighted by molar-refractivity contribution is 5.67. The molecule has 0 saturated carbocycles. The SMILES string of the molecule is Cc1nc(N2CCCCC2)nc(N2CCCCC2)c1N. The van der Waals surface area contributed by atoms with E-state index in [0.29, 0.717) is 0 Å². The van der Waals surface area contributed by atoms with Crippen molar-refractivity contribution in [3.8, 4) is 0 Å². The highest BCUT2D eigenvalue weighted by atomic mass is 15.3. The Balaban J connectivity index is 1.89. The van der Waals surface area contributed by atoms with Crippen molar-refractivity contribution >= 4 is 17.5 Å². The van der Waals surface area contributed by atoms with Crippen molar-refractivity contribution in [2.24, 2.45) is 0 Å². The van der Waals surface area contributed by atoms with Crippen molar-refractivity contribution in [1.82, 2.24) is 9.97 Å². The quantitative estimate of drug-likeness (QED) is 0.898. The Morgan fingerprint density at radius 1 is 0.800 bits per heavy atom. The molecule has 0 spiro atoms. The van der Waals surface area contributed by atoms with Crippen LogP contribution in [0, 0.1) is 6.92 Å². The largest absolute Gasteiger partial charge is 0.394 e. The van der Waals surface area contributed by atoms with Crippen LogP contribution in [0.3, 0.4) is 0 Å². The number of piperidine rings is 2. The molecule has 2 saturated heterocycles. The predicted octanol–water partition coefficient (Wildman–Crippen LogP) is 2.35. The van der Waals surface area contributed by atoms with Gasteiger partial charge in [0.2, 0.25) is 5.95 Å². The molecule has 0 radical (unpaired) electrons. The van der Waals surface area contributed by atoms with Crippen LogP contribution in [0.2, 0.25) is 0 Å². The molecule has 5 nitrogen and oxygen atoms in total. The summed E-state index contributed by atoms with van der Waals surface area (Å²) in [6, 6.07) is 0. The molecule has 2 aliphatic heterocycles. The molecule has 0 aromatic carbocycles. The van der Waals surface area contributed by atoms with Gasteiger partial charge in [-0.1, -0.05) is 0 Å². The van der Waals surface area contributed by atoms with E-state index in [1.54, 1.807) is 0 Å². The zero-order valence-corrected chi connectivity index (χ0v) is 12.4. The normalized spacial score (nSPS) is 20.2. The molecule has 2 fully saturated rings. The van der Waals surface area contributed by atoms with Gasteiger partial charge < -0.3 is 15.5 Å². The first-order valence-electron chi connectivity index (χ1n) is 7.90. The molecule has 1 aromatic rings. The molecular weight excluding hydrogens is 250 g/mol. The summed E-state index contributed by atoms with van der Waals surface area (Å²) >= 11 is 0. The minimum Gasteiger partial charge on any atom is -0.394 e. The van der Waals surface area contributed by atoms with Crippen molar-refractivity contribution in [2.75, 3.05) is 41.7 Å². The average molecular weight is 275 g/mol. The van der Waals surface area contributed by atoms with Crippen molar-refractivity contribution in [3.63, 3.8) is 0 Å². The van der Waals surface area contributed by atoms with Crippen LogP contribution in [0.15, 0.2) is 0 Å². The maximum Gasteiger partial charge on any atom is 0.227 e. The number of nitrogen functional groups attached to an aromatic ring is 1. The van der Waals surface area contributed by atoms with E-state index >= 15 is 0 Å². The Hall–Kier alpha value is -1.52. The maximum absolute atomic E-state index is 6.23. The fourth-order valence-corrected chi connectivity index (χ4v) is 3.13. The Kier molecular flexibility index (Phi) is 3.94. The van der Waals surface area contributed by atoms with Crippen LogP contribution in [0.4, 0.5) is 17.5 Å². The van der Waals surface area contributed by atoms with E-state index in [0.717, 1.165) is 49.3 Å². The number of anilines is 3. The first-order valence-corrected chi connectivity index (χ1v) is 7.90. The van der Waals surface area contributed by atoms with E-state index in [4.69, 9.17) is 10.7 Å². The Bertz CT molecular complexity index is 462. The van der Waals surface area contributed by atoms with Gasteiger partial charge in [0.05, 0.1) is 11.4 Å². The summed E-state index contributed by atoms with van der Waals surface area (Å²) in [4.78, 5) is 14.1. The predicted molar refractivity (Wildman–Crippen MR) is 83.3 cm³/mol. The van der Waals surface area contributed by atoms with Crippen LogP contribution < -0.4 is 15.5 Å². The minimum absolute atomic E-state index is 0.757. The van der Waals surface area contributed by atoms with Crippen molar-refractivity contribution in [1.29, 1.82) is 0 Å². The van der Waals surface area contributed by atoms with Crippen LogP contribution in [0.25, 0.3) is 0 Å². The van der Waals surface area contributed by atoms with Crippen LogP contribution in [-0.2, 0) is 0 Å². The number of nitrogens with zero attached hydrogens (tertiary/aromatic N) is 4. The number of aryl methyl sites for hydroxylation is 1. The molecule has 0 unspecified atom stereocenters. The monoisotopic (exact) mass is 275 g/mol. The second-order valence-electron chi connectivity index (χ2n) is 5.94. The lowest BCUT2D eigenvalue weighted by Gasteiger charge is -2.31. The van der Waals surface area contributed by atoms with Crippen LogP contribution in [0.5, 0.6) is 0 Å². The van der Waals surface area contributed by atoms with Crippen LogP contribution in [0.1, 0.15) is 44.2 Å². The van der Waals surface area contributed by atoms with E-state index in [1.807, 2.05) is 6.92 Å². The first-order chi connectivity index (χ1) is 9.75. The van der Waals surface area contributed by atoms with Gasteiger partial charge in [-0.05, 0) is 45.4 Å². The van der Waals surface area contributed by atoms with E-state index < -0.39 is 0 Å². The molecule has 110 valence electrons. The minimum atomic E-state index is 0.757. The fraction of sp³-hybridized carbons (Fsp3) is 0.733. The van der Waals surface area contributed by atoms with Gasteiger partial charge in [0, 0.05) is 26.2 Å². The van der Waals surface area contributed by atoms with E-state index in [2.05, 4.69) is 14.8 Å². The van der Waals surface area contributed by atoms with Gasteiger partial charge in [0.25, 0.3) is 0 Å². The maximum atomic E-state index is 6.23. The Morgan fingerprint density at radius 3 is 1.95 bits per heavy atom. The molecule has 2 N–H and O–H groups in total. The molecule has 3 rings (SSSR count). The molecular formula is C15H25N5. The fourth-order valence-electron chi connectivity index (χ4n) is 3.13. The van der Waals surface area contributed by atoms with Gasteiger partial charge in [0.1, 0.15) is 0 Å². The van der Waals surface area contributed by atoms with E-state index in [9.17, 15) is 0 Å². The van der Waals surface area contributed by atoms with Crippen LogP contribution >= 0.6 is 0 Å². The standard InChI is InChI=1S/C15H25N5/c1-12-13(16)14(19-8-4-2-5-9-19)18-15(17-12)20-10-6-3-7-11-20/h2-11,16H2,1H3. The number of aromatic nitrogens is 2. The lowest BCUT2D eigenvalue weighted by molar-refractivity contribution is 0.560. The molecule has 5 heteroatoms. The van der Waals surface area contributed by atoms with Crippen LogP contribution in [-0.4, -0.2) is 36.1 Å². The number of hydrogen-bond donors (Lipinski definition) is 1. The van der Waals surface area contributed by atoms with Crippen molar-refractivity contribution < 1.29 is 0 Å². The van der Waals surface area contributed by atoms with E-state index in [-0.39, 0.29) is 0 Å². The highest BCUT2D eigenvalue weighted by Crippen LogP contribution is 2.29. The summed E-state index contributed by atoms with van der Waals surface area (Å²) < 4.78 is 0. The third kappa shape index (κ3) is 2.67. The topological polar surface area (TPSA) is 58.3 Å². The summed E-state index contributed by atoms with van der Waals surface area (Å²) in [6.07, 6.45) is 7.60. The molecule has 0 atom stereocenters. The van der Waals surface area contributed by atoms with E-state index in [1.165, 1.54) is 38.5 Å². The van der Waals surface area contributed by atoms with Gasteiger partial charge in [-0.15, -0.1) is 0 Å². The smallest absolute Gasteiger partial charge is 0.227 e. The second kappa shape index (κ2) is 5.85. The summed E-state index contributed by atoms with van der Waals surface area (Å²) in [5, 5.41) is 0. The van der Waals surface area contributed by atoms with Gasteiger partial charge in [-0.25, -0.2) is 4.98 Å². The third-order valence-electron chi connectivity index (χ3n) is 4.40. The Labute approximate surface area is 121 Å². The average Bonchev–Trinajstić information content (AvgIpc) is 2.51. The lowest BCUT2D eigenvalue weighted by atomic mass is 10.1. The summed E-state index contributed by atoms with van der Waals surface area (Å²) in [5.41, 5.74) is 7.90. The second-order valence-corrected chi connectivity index (χ2v) is 5.94. The Morgan fingerprint density at radius 2 is 1.35 bits per heavy atom. The molecule has 3 heterocycles. The van der Waals surface area contributed by atoms with Crippen molar-refractivity contribution in [2.45, 2.75) is 45.4 Å². The zero-order valence-electron chi connectivity index (χ0n) is 12.4. The molecule has 1 aromatic heterocycles. The molecule has 20 heavy (non-hydrogen) atoms. The summed E-state index contributed by atoms with van der Waals surface area (Å²) in [6.45, 7) is 6.28. The first kappa shape index (κ1) is 13.5. The summed E-state index contributed by atoms with van der Waals surface area (Å²) in [7, 11) is 0. The highest BCUT2D eigenvalue weighted by Gasteiger charge is 2.21. The lowest BCUT2D eigenvalue weighted by Crippen LogP contribution is -2.34. The third-order valence-corrected chi connectivity index (χ3v) is 4.40. The number of rotatable bonds is 2. The molecule has 0 aliphatic carbocycles. The summed E-state index contributed by atoms with van der Waals surface area (Å²) in [5.74, 6) is 1.83. The number of nitrogens with two attached hydrogens (primary N) is 1. The molecule has 0 amide bonds. The zero-order chi connectivity index (χ0) is 13.9. The van der Waals surface area contributed by atoms with Gasteiger partial charge in [-0.3, -0.25) is 0 Å². The molecule has 2 aliphatic rings. The van der Waals surface area contributed by atoms with Gasteiger partial charge >= 0.3 is 0 Å². The van der Waals surface area contributed by atoms with Crippen molar-refractivity contribution in [3.05, 3.63) is 5.69 Å². The number of hydrogen-bond acceptors (Lipinski definition) is 5. The van der Waals surface area contributed by atoms with Gasteiger partial charge in [-0.2, -0.15) is 4.98 Å². The molecule has 0 bridgehead atoms. The van der Waals surface area contributed by atoms with Gasteiger partial charge in [0.15, 0.2) is 5.82 Å².